The van der Waals surface area contributed by atoms with Gasteiger partial charge in [-0.05, 0) is 37.6 Å². The third kappa shape index (κ3) is 5.01. The van der Waals surface area contributed by atoms with Crippen LogP contribution in [0, 0.1) is 13.8 Å². The number of carbonyl (C=O) groups is 3. The van der Waals surface area contributed by atoms with E-state index in [1.807, 2.05) is 13.8 Å². The molecule has 0 aliphatic heterocycles. The van der Waals surface area contributed by atoms with Crippen LogP contribution in [-0.4, -0.2) is 34.2 Å². The zero-order valence-electron chi connectivity index (χ0n) is 16.5. The second-order valence-corrected chi connectivity index (χ2v) is 6.70. The molecule has 7 nitrogen and oxygen atoms in total. The molecule has 1 N–H and O–H groups in total. The molecule has 148 valence electrons. The van der Waals surface area contributed by atoms with Gasteiger partial charge in [-0.25, -0.2) is 14.8 Å². The number of nitrogens with zero attached hydrogens (tertiary/aromatic N) is 2. The number of aryl methyl sites for hydroxylation is 2. The van der Waals surface area contributed by atoms with E-state index in [0.29, 0.717) is 28.7 Å². The number of hydrogen-bond donors (Lipinski definition) is 1. The smallest absolute Gasteiger partial charge is 0.338 e. The molecule has 29 heavy (non-hydrogen) atoms. The van der Waals surface area contributed by atoms with E-state index in [4.69, 9.17) is 4.74 Å². The van der Waals surface area contributed by atoms with E-state index in [1.54, 1.807) is 42.5 Å². The number of hydrogen-bond acceptors (Lipinski definition) is 6. The number of aromatic nitrogens is 2. The van der Waals surface area contributed by atoms with E-state index in [-0.39, 0.29) is 18.3 Å². The highest BCUT2D eigenvalue weighted by Gasteiger charge is 2.13. The molecule has 0 bridgehead atoms. The zero-order chi connectivity index (χ0) is 21.0. The SMILES string of the molecule is CC(=O)NCc1ccc(C(=O)COC(=O)c2ccc3nc(C)c(C)nc3c2)cc1. The Morgan fingerprint density at radius 1 is 0.897 bits per heavy atom. The standard InChI is InChI=1S/C22H21N3O4/c1-13-14(2)25-20-10-18(8-9-19(20)24-13)22(28)29-12-21(27)17-6-4-16(5-7-17)11-23-15(3)26/h4-10H,11-12H2,1-3H3,(H,23,26). The number of amides is 1. The van der Waals surface area contributed by atoms with Crippen LogP contribution in [0.15, 0.2) is 42.5 Å². The summed E-state index contributed by atoms with van der Waals surface area (Å²) in [6, 6.07) is 11.7. The first-order chi connectivity index (χ1) is 13.8. The van der Waals surface area contributed by atoms with Crippen LogP contribution < -0.4 is 5.32 Å². The predicted molar refractivity (Wildman–Crippen MR) is 108 cm³/mol. The van der Waals surface area contributed by atoms with Gasteiger partial charge in [-0.2, -0.15) is 0 Å². The molecule has 0 saturated heterocycles. The fourth-order valence-corrected chi connectivity index (χ4v) is 2.69. The van der Waals surface area contributed by atoms with Gasteiger partial charge >= 0.3 is 5.97 Å². The Hall–Kier alpha value is -3.61. The van der Waals surface area contributed by atoms with Crippen molar-refractivity contribution in [2.75, 3.05) is 6.61 Å². The maximum Gasteiger partial charge on any atom is 0.338 e. The lowest BCUT2D eigenvalue weighted by Gasteiger charge is -2.07. The van der Waals surface area contributed by atoms with Crippen molar-refractivity contribution in [2.24, 2.45) is 0 Å². The fourth-order valence-electron chi connectivity index (χ4n) is 2.69. The number of nitrogens with one attached hydrogen (secondary N) is 1. The Bertz CT molecular complexity index is 1090. The van der Waals surface area contributed by atoms with Crippen LogP contribution in [0.4, 0.5) is 0 Å². The first-order valence-corrected chi connectivity index (χ1v) is 9.12. The van der Waals surface area contributed by atoms with Crippen molar-refractivity contribution in [3.8, 4) is 0 Å². The summed E-state index contributed by atoms with van der Waals surface area (Å²) < 4.78 is 5.16. The largest absolute Gasteiger partial charge is 0.454 e. The van der Waals surface area contributed by atoms with Gasteiger partial charge in [0.25, 0.3) is 0 Å². The van der Waals surface area contributed by atoms with Crippen LogP contribution in [-0.2, 0) is 16.1 Å². The maximum atomic E-state index is 12.3. The molecule has 2 aromatic carbocycles. The lowest BCUT2D eigenvalue weighted by molar-refractivity contribution is -0.119. The molecule has 1 aromatic heterocycles. The van der Waals surface area contributed by atoms with Crippen LogP contribution >= 0.6 is 0 Å². The normalized spacial score (nSPS) is 10.6. The van der Waals surface area contributed by atoms with Gasteiger partial charge in [0, 0.05) is 19.0 Å². The highest BCUT2D eigenvalue weighted by molar-refractivity contribution is 6.00. The van der Waals surface area contributed by atoms with E-state index in [1.165, 1.54) is 6.92 Å². The lowest BCUT2D eigenvalue weighted by Crippen LogP contribution is -2.19. The van der Waals surface area contributed by atoms with Crippen molar-refractivity contribution >= 4 is 28.7 Å². The number of ketones is 1. The van der Waals surface area contributed by atoms with Crippen molar-refractivity contribution in [1.82, 2.24) is 15.3 Å². The number of ether oxygens (including phenoxy) is 1. The van der Waals surface area contributed by atoms with Gasteiger partial charge in [0.2, 0.25) is 5.91 Å². The number of fused-ring (bicyclic) bond motifs is 1. The topological polar surface area (TPSA) is 98.2 Å². The Balaban J connectivity index is 1.62. The van der Waals surface area contributed by atoms with Gasteiger partial charge in [-0.3, -0.25) is 9.59 Å². The maximum absolute atomic E-state index is 12.3. The van der Waals surface area contributed by atoms with Crippen molar-refractivity contribution < 1.29 is 19.1 Å². The minimum atomic E-state index is -0.595. The molecule has 1 heterocycles. The summed E-state index contributed by atoms with van der Waals surface area (Å²) in [7, 11) is 0. The molecule has 0 saturated carbocycles. The summed E-state index contributed by atoms with van der Waals surface area (Å²) in [5.41, 5.74) is 4.54. The number of esters is 1. The Kier molecular flexibility index (Phi) is 5.97. The number of carbonyl (C=O) groups excluding carboxylic acids is 3. The molecule has 7 heteroatoms. The Labute approximate surface area is 168 Å². The van der Waals surface area contributed by atoms with Crippen molar-refractivity contribution in [3.05, 3.63) is 70.5 Å². The quantitative estimate of drug-likeness (QED) is 0.512. The van der Waals surface area contributed by atoms with Crippen LogP contribution in [0.5, 0.6) is 0 Å². The van der Waals surface area contributed by atoms with E-state index in [2.05, 4.69) is 15.3 Å². The molecule has 0 aliphatic carbocycles. The number of benzene rings is 2. The summed E-state index contributed by atoms with van der Waals surface area (Å²) in [6.07, 6.45) is 0. The highest BCUT2D eigenvalue weighted by atomic mass is 16.5. The molecule has 0 radical (unpaired) electrons. The lowest BCUT2D eigenvalue weighted by atomic mass is 10.1. The summed E-state index contributed by atoms with van der Waals surface area (Å²) in [5, 5.41) is 2.69. The van der Waals surface area contributed by atoms with E-state index in [0.717, 1.165) is 17.0 Å². The van der Waals surface area contributed by atoms with Crippen molar-refractivity contribution in [2.45, 2.75) is 27.3 Å². The third-order valence-corrected chi connectivity index (χ3v) is 4.46. The summed E-state index contributed by atoms with van der Waals surface area (Å²) in [6.45, 7) is 5.20. The van der Waals surface area contributed by atoms with Gasteiger partial charge in [-0.15, -0.1) is 0 Å². The Morgan fingerprint density at radius 3 is 2.17 bits per heavy atom. The molecule has 1 amide bonds. The summed E-state index contributed by atoms with van der Waals surface area (Å²) in [5.74, 6) is -1.03. The molecule has 0 aliphatic rings. The van der Waals surface area contributed by atoms with E-state index in [9.17, 15) is 14.4 Å². The highest BCUT2D eigenvalue weighted by Crippen LogP contribution is 2.15. The minimum Gasteiger partial charge on any atom is -0.454 e. The Morgan fingerprint density at radius 2 is 1.52 bits per heavy atom. The predicted octanol–water partition coefficient (Wildman–Crippen LogP) is 2.92. The van der Waals surface area contributed by atoms with Crippen LogP contribution in [0.25, 0.3) is 11.0 Å². The molecular formula is C22H21N3O4. The monoisotopic (exact) mass is 391 g/mol. The molecule has 3 rings (SSSR count). The first-order valence-electron chi connectivity index (χ1n) is 9.12. The summed E-state index contributed by atoms with van der Waals surface area (Å²) in [4.78, 5) is 44.4. The fraction of sp³-hybridized carbons (Fsp3) is 0.227. The zero-order valence-corrected chi connectivity index (χ0v) is 16.5. The van der Waals surface area contributed by atoms with Gasteiger partial charge in [0.15, 0.2) is 12.4 Å². The first kappa shape index (κ1) is 20.1. The average Bonchev–Trinajstić information content (AvgIpc) is 2.71. The number of rotatable bonds is 6. The molecule has 0 fully saturated rings. The number of Topliss-reactive ketones (excluding diaryl/α,β-unsaturated/α-hetero) is 1. The van der Waals surface area contributed by atoms with Crippen molar-refractivity contribution in [1.29, 1.82) is 0 Å². The minimum absolute atomic E-state index is 0.123. The van der Waals surface area contributed by atoms with Crippen molar-refractivity contribution in [3.63, 3.8) is 0 Å². The molecule has 0 atom stereocenters. The summed E-state index contributed by atoms with van der Waals surface area (Å²) >= 11 is 0. The molecular weight excluding hydrogens is 370 g/mol. The van der Waals surface area contributed by atoms with Crippen LogP contribution in [0.1, 0.15) is 44.6 Å². The van der Waals surface area contributed by atoms with Gasteiger partial charge in [0.1, 0.15) is 0 Å². The molecule has 3 aromatic rings. The third-order valence-electron chi connectivity index (χ3n) is 4.46. The van der Waals surface area contributed by atoms with Crippen LogP contribution in [0.3, 0.4) is 0 Å². The van der Waals surface area contributed by atoms with Gasteiger partial charge in [-0.1, -0.05) is 24.3 Å². The van der Waals surface area contributed by atoms with Gasteiger partial charge < -0.3 is 10.1 Å². The van der Waals surface area contributed by atoms with E-state index >= 15 is 0 Å². The second kappa shape index (κ2) is 8.60. The average molecular weight is 391 g/mol. The molecule has 0 unspecified atom stereocenters. The molecule has 0 spiro atoms. The van der Waals surface area contributed by atoms with Gasteiger partial charge in [0.05, 0.1) is 28.0 Å². The van der Waals surface area contributed by atoms with Crippen LogP contribution in [0.2, 0.25) is 0 Å². The second-order valence-electron chi connectivity index (χ2n) is 6.70. The van der Waals surface area contributed by atoms with E-state index < -0.39 is 5.97 Å².